The number of fused-ring (bicyclic) bond motifs is 1. The van der Waals surface area contributed by atoms with E-state index in [2.05, 4.69) is 5.32 Å². The Morgan fingerprint density at radius 3 is 2.50 bits per heavy atom. The van der Waals surface area contributed by atoms with E-state index in [1.54, 1.807) is 6.07 Å². The normalized spacial score (nSPS) is 13.5. The van der Waals surface area contributed by atoms with Gasteiger partial charge in [0.25, 0.3) is 17.7 Å². The van der Waals surface area contributed by atoms with Crippen LogP contribution in [0.3, 0.4) is 0 Å². The predicted octanol–water partition coefficient (Wildman–Crippen LogP) is 3.00. The van der Waals surface area contributed by atoms with Crippen molar-refractivity contribution in [3.05, 3.63) is 101 Å². The van der Waals surface area contributed by atoms with Gasteiger partial charge in [-0.2, -0.15) is 0 Å². The highest BCUT2D eigenvalue weighted by Crippen LogP contribution is 2.24. The third-order valence-corrected chi connectivity index (χ3v) is 5.63. The van der Waals surface area contributed by atoms with Gasteiger partial charge in [-0.25, -0.2) is 0 Å². The van der Waals surface area contributed by atoms with Gasteiger partial charge in [0, 0.05) is 18.7 Å². The summed E-state index contributed by atoms with van der Waals surface area (Å²) >= 11 is 0. The molecule has 0 spiro atoms. The molecule has 7 heteroatoms. The maximum Gasteiger partial charge on any atom is 0.261 e. The smallest absolute Gasteiger partial charge is 0.261 e. The van der Waals surface area contributed by atoms with Crippen molar-refractivity contribution >= 4 is 17.7 Å². The molecule has 1 aliphatic heterocycles. The lowest BCUT2D eigenvalue weighted by molar-refractivity contribution is 0.0656. The maximum absolute atomic E-state index is 12.8. The van der Waals surface area contributed by atoms with Crippen molar-refractivity contribution in [1.29, 1.82) is 0 Å². The zero-order valence-corrected chi connectivity index (χ0v) is 18.9. The number of nitrogens with zero attached hydrogens (tertiary/aromatic N) is 1. The molecule has 1 aliphatic rings. The SMILES string of the molecule is Cc1cccc(OCC(O)CNC(=O)c2ccc3c(c2)C(=O)N(CCc2ccccc2)C3=O)c1. The molecule has 0 saturated heterocycles. The Balaban J connectivity index is 1.33. The number of aryl methyl sites for hydroxylation is 1. The van der Waals surface area contributed by atoms with Crippen LogP contribution in [0.15, 0.2) is 72.8 Å². The van der Waals surface area contributed by atoms with Crippen molar-refractivity contribution in [3.63, 3.8) is 0 Å². The van der Waals surface area contributed by atoms with Crippen LogP contribution in [0.4, 0.5) is 0 Å². The third-order valence-electron chi connectivity index (χ3n) is 5.63. The van der Waals surface area contributed by atoms with Crippen LogP contribution in [-0.4, -0.2) is 53.5 Å². The molecule has 174 valence electrons. The van der Waals surface area contributed by atoms with Crippen LogP contribution in [0.5, 0.6) is 5.75 Å². The topological polar surface area (TPSA) is 95.9 Å². The summed E-state index contributed by atoms with van der Waals surface area (Å²) in [5.74, 6) is -0.562. The minimum absolute atomic E-state index is 0.0161. The Kier molecular flexibility index (Phi) is 7.04. The van der Waals surface area contributed by atoms with E-state index in [4.69, 9.17) is 4.74 Å². The number of aliphatic hydroxyl groups excluding tert-OH is 1. The molecular weight excluding hydrogens is 432 g/mol. The second kappa shape index (κ2) is 10.3. The number of hydrogen-bond acceptors (Lipinski definition) is 5. The summed E-state index contributed by atoms with van der Waals surface area (Å²) in [6, 6.07) is 21.5. The van der Waals surface area contributed by atoms with Crippen molar-refractivity contribution < 1.29 is 24.2 Å². The number of benzene rings is 3. The lowest BCUT2D eigenvalue weighted by Crippen LogP contribution is -2.35. The van der Waals surface area contributed by atoms with Gasteiger partial charge in [0.1, 0.15) is 18.5 Å². The molecule has 4 rings (SSSR count). The quantitative estimate of drug-likeness (QED) is 0.481. The number of imide groups is 1. The summed E-state index contributed by atoms with van der Waals surface area (Å²) in [6.07, 6.45) is -0.349. The first kappa shape index (κ1) is 23.2. The molecule has 7 nitrogen and oxygen atoms in total. The van der Waals surface area contributed by atoms with Crippen molar-refractivity contribution in [3.8, 4) is 5.75 Å². The Morgan fingerprint density at radius 2 is 1.74 bits per heavy atom. The molecule has 2 N–H and O–H groups in total. The highest BCUT2D eigenvalue weighted by Gasteiger charge is 2.35. The van der Waals surface area contributed by atoms with Crippen LogP contribution < -0.4 is 10.1 Å². The molecule has 1 unspecified atom stereocenters. The number of amides is 3. The number of carbonyl (C=O) groups is 3. The summed E-state index contributed by atoms with van der Waals surface area (Å²) < 4.78 is 5.55. The average molecular weight is 459 g/mol. The van der Waals surface area contributed by atoms with Gasteiger partial charge in [-0.1, -0.05) is 42.5 Å². The predicted molar refractivity (Wildman–Crippen MR) is 127 cm³/mol. The van der Waals surface area contributed by atoms with Gasteiger partial charge in [0.05, 0.1) is 11.1 Å². The minimum Gasteiger partial charge on any atom is -0.491 e. The fourth-order valence-corrected chi connectivity index (χ4v) is 3.79. The third kappa shape index (κ3) is 5.32. The minimum atomic E-state index is -0.907. The number of rotatable bonds is 9. The first-order valence-corrected chi connectivity index (χ1v) is 11.1. The van der Waals surface area contributed by atoms with Crippen molar-refractivity contribution in [1.82, 2.24) is 10.2 Å². The molecule has 0 fully saturated rings. The lowest BCUT2D eigenvalue weighted by atomic mass is 10.1. The number of hydrogen-bond donors (Lipinski definition) is 2. The molecule has 0 radical (unpaired) electrons. The van der Waals surface area contributed by atoms with Crippen molar-refractivity contribution in [2.75, 3.05) is 19.7 Å². The Hall–Kier alpha value is -3.97. The molecular formula is C27H26N2O5. The molecule has 3 amide bonds. The molecule has 3 aromatic carbocycles. The summed E-state index contributed by atoms with van der Waals surface area (Å²) in [5.41, 5.74) is 2.83. The molecule has 0 aromatic heterocycles. The summed E-state index contributed by atoms with van der Waals surface area (Å²) in [7, 11) is 0. The van der Waals surface area contributed by atoms with Gasteiger partial charge < -0.3 is 15.2 Å². The largest absolute Gasteiger partial charge is 0.491 e. The fraction of sp³-hybridized carbons (Fsp3) is 0.222. The number of nitrogens with one attached hydrogen (secondary N) is 1. The van der Waals surface area contributed by atoms with Crippen molar-refractivity contribution in [2.45, 2.75) is 19.4 Å². The van der Waals surface area contributed by atoms with Gasteiger partial charge in [0.2, 0.25) is 0 Å². The second-order valence-electron chi connectivity index (χ2n) is 8.25. The number of aliphatic hydroxyl groups is 1. The number of ether oxygens (including phenoxy) is 1. The van der Waals surface area contributed by atoms with Crippen LogP contribution in [-0.2, 0) is 6.42 Å². The first-order chi connectivity index (χ1) is 16.4. The van der Waals surface area contributed by atoms with Crippen molar-refractivity contribution in [2.24, 2.45) is 0 Å². The zero-order chi connectivity index (χ0) is 24.1. The van der Waals surface area contributed by atoms with Crippen LogP contribution >= 0.6 is 0 Å². The molecule has 0 saturated carbocycles. The number of carbonyl (C=O) groups excluding carboxylic acids is 3. The Labute approximate surface area is 198 Å². The van der Waals surface area contributed by atoms with E-state index in [-0.39, 0.29) is 36.7 Å². The van der Waals surface area contributed by atoms with Gasteiger partial charge in [-0.15, -0.1) is 0 Å². The molecule has 0 aliphatic carbocycles. The van der Waals surface area contributed by atoms with E-state index in [1.165, 1.54) is 23.1 Å². The summed E-state index contributed by atoms with van der Waals surface area (Å²) in [6.45, 7) is 2.22. The lowest BCUT2D eigenvalue weighted by Gasteiger charge is -2.14. The first-order valence-electron chi connectivity index (χ1n) is 11.1. The van der Waals surface area contributed by atoms with Gasteiger partial charge >= 0.3 is 0 Å². The van der Waals surface area contributed by atoms with E-state index < -0.39 is 17.9 Å². The Bertz CT molecular complexity index is 1210. The van der Waals surface area contributed by atoms with Crippen LogP contribution in [0, 0.1) is 6.92 Å². The Morgan fingerprint density at radius 1 is 0.971 bits per heavy atom. The van der Waals surface area contributed by atoms with E-state index >= 15 is 0 Å². The maximum atomic E-state index is 12.8. The van der Waals surface area contributed by atoms with Crippen LogP contribution in [0.1, 0.15) is 42.2 Å². The standard InChI is InChI=1S/C27H26N2O5/c1-18-6-5-9-22(14-18)34-17-21(30)16-28-25(31)20-10-11-23-24(15-20)27(33)29(26(23)32)13-12-19-7-3-2-4-8-19/h2-11,14-15,21,30H,12-13,16-17H2,1H3,(H,28,31). The van der Waals surface area contributed by atoms with Gasteiger partial charge in [-0.3, -0.25) is 19.3 Å². The van der Waals surface area contributed by atoms with Gasteiger partial charge in [-0.05, 0) is 54.8 Å². The molecule has 0 bridgehead atoms. The second-order valence-corrected chi connectivity index (χ2v) is 8.25. The highest BCUT2D eigenvalue weighted by atomic mass is 16.5. The summed E-state index contributed by atoms with van der Waals surface area (Å²) in [4.78, 5) is 39.3. The van der Waals surface area contributed by atoms with E-state index in [0.717, 1.165) is 11.1 Å². The molecule has 1 heterocycles. The highest BCUT2D eigenvalue weighted by molar-refractivity contribution is 6.22. The van der Waals surface area contributed by atoms with Gasteiger partial charge in [0.15, 0.2) is 0 Å². The average Bonchev–Trinajstić information content (AvgIpc) is 3.09. The molecule has 3 aromatic rings. The van der Waals surface area contributed by atoms with Crippen LogP contribution in [0.25, 0.3) is 0 Å². The van der Waals surface area contributed by atoms with E-state index in [0.29, 0.717) is 17.7 Å². The molecule has 1 atom stereocenters. The zero-order valence-electron chi connectivity index (χ0n) is 18.9. The van der Waals surface area contributed by atoms with E-state index in [1.807, 2.05) is 55.5 Å². The van der Waals surface area contributed by atoms with E-state index in [9.17, 15) is 19.5 Å². The van der Waals surface area contributed by atoms with Crippen LogP contribution in [0.2, 0.25) is 0 Å². The molecule has 34 heavy (non-hydrogen) atoms. The summed E-state index contributed by atoms with van der Waals surface area (Å²) in [5, 5.41) is 12.8. The fourth-order valence-electron chi connectivity index (χ4n) is 3.79. The monoisotopic (exact) mass is 458 g/mol.